The van der Waals surface area contributed by atoms with Gasteiger partial charge >= 0.3 is 5.97 Å². The monoisotopic (exact) mass is 294 g/mol. The average Bonchev–Trinajstić information content (AvgIpc) is 2.94. The molecule has 0 aliphatic carbocycles. The van der Waals surface area contributed by atoms with Crippen molar-refractivity contribution < 1.29 is 9.53 Å². The zero-order valence-corrected chi connectivity index (χ0v) is 12.7. The van der Waals surface area contributed by atoms with E-state index >= 15 is 0 Å². The number of rotatable bonds is 4. The molecule has 0 aliphatic heterocycles. The molecule has 112 valence electrons. The first kappa shape index (κ1) is 14.3. The second kappa shape index (κ2) is 6.02. The van der Waals surface area contributed by atoms with E-state index < -0.39 is 5.97 Å². The number of nitrogens with zero attached hydrogens (tertiary/aromatic N) is 2. The predicted octanol–water partition coefficient (Wildman–Crippen LogP) is 3.76. The number of aromatic nitrogens is 2. The summed E-state index contributed by atoms with van der Waals surface area (Å²) in [6.45, 7) is 2.14. The van der Waals surface area contributed by atoms with E-state index in [4.69, 9.17) is 4.74 Å². The van der Waals surface area contributed by atoms with Crippen molar-refractivity contribution in [3.8, 4) is 5.69 Å². The van der Waals surface area contributed by atoms with Crippen LogP contribution in [0.2, 0.25) is 0 Å². The Kier molecular flexibility index (Phi) is 3.92. The van der Waals surface area contributed by atoms with E-state index in [-0.39, 0.29) is 0 Å². The van der Waals surface area contributed by atoms with Crippen LogP contribution in [0.1, 0.15) is 29.5 Å². The normalized spacial score (nSPS) is 10.8. The van der Waals surface area contributed by atoms with Crippen LogP contribution in [0.3, 0.4) is 0 Å². The van der Waals surface area contributed by atoms with Crippen molar-refractivity contribution >= 4 is 17.0 Å². The highest BCUT2D eigenvalue weighted by Gasteiger charge is 2.20. The molecule has 4 nitrogen and oxygen atoms in total. The van der Waals surface area contributed by atoms with Crippen LogP contribution in [0.4, 0.5) is 0 Å². The average molecular weight is 294 g/mol. The van der Waals surface area contributed by atoms with Crippen molar-refractivity contribution in [2.24, 2.45) is 0 Å². The van der Waals surface area contributed by atoms with Gasteiger partial charge in [-0.1, -0.05) is 43.7 Å². The Bertz CT molecular complexity index is 821. The van der Waals surface area contributed by atoms with Crippen LogP contribution in [0.5, 0.6) is 0 Å². The third-order valence-electron chi connectivity index (χ3n) is 3.68. The van der Waals surface area contributed by atoms with Gasteiger partial charge < -0.3 is 4.74 Å². The predicted molar refractivity (Wildman–Crippen MR) is 86.4 cm³/mol. The Morgan fingerprint density at radius 2 is 1.86 bits per heavy atom. The highest BCUT2D eigenvalue weighted by atomic mass is 16.5. The minimum absolute atomic E-state index is 0.312. The van der Waals surface area contributed by atoms with Crippen molar-refractivity contribution in [2.75, 3.05) is 7.11 Å². The number of benzene rings is 2. The van der Waals surface area contributed by atoms with Crippen LogP contribution in [-0.4, -0.2) is 22.6 Å². The largest absolute Gasteiger partial charge is 0.463 e. The lowest BCUT2D eigenvalue weighted by Gasteiger charge is -2.13. The Morgan fingerprint density at radius 1 is 1.14 bits per heavy atom. The second-order valence-electron chi connectivity index (χ2n) is 5.13. The standard InChI is InChI=1S/C18H18N2O2/c1-3-8-13-9-4-6-11-15(13)20-16-12-7-5-10-14(16)19-17(20)18(21)22-2/h4-7,9-12H,3,8H2,1-2H3. The van der Waals surface area contributed by atoms with Crippen LogP contribution < -0.4 is 0 Å². The van der Waals surface area contributed by atoms with Crippen molar-refractivity contribution in [2.45, 2.75) is 19.8 Å². The summed E-state index contributed by atoms with van der Waals surface area (Å²) in [5.41, 5.74) is 3.87. The maximum Gasteiger partial charge on any atom is 0.374 e. The number of carbonyl (C=O) groups is 1. The van der Waals surface area contributed by atoms with Gasteiger partial charge in [0.25, 0.3) is 0 Å². The number of hydrogen-bond donors (Lipinski definition) is 0. The summed E-state index contributed by atoms with van der Waals surface area (Å²) in [5, 5.41) is 0. The molecule has 1 heterocycles. The number of aryl methyl sites for hydroxylation is 1. The zero-order chi connectivity index (χ0) is 15.5. The molecule has 0 fully saturated rings. The quantitative estimate of drug-likeness (QED) is 0.688. The van der Waals surface area contributed by atoms with E-state index in [2.05, 4.69) is 18.0 Å². The van der Waals surface area contributed by atoms with Gasteiger partial charge in [-0.15, -0.1) is 0 Å². The molecule has 0 aliphatic rings. The number of carbonyl (C=O) groups excluding carboxylic acids is 1. The molecule has 3 rings (SSSR count). The lowest BCUT2D eigenvalue weighted by Crippen LogP contribution is -2.12. The maximum atomic E-state index is 12.1. The molecule has 0 unspecified atom stereocenters. The van der Waals surface area contributed by atoms with Gasteiger partial charge in [0.2, 0.25) is 5.82 Å². The second-order valence-corrected chi connectivity index (χ2v) is 5.13. The van der Waals surface area contributed by atoms with Gasteiger partial charge in [0.1, 0.15) is 0 Å². The first-order chi connectivity index (χ1) is 10.8. The van der Waals surface area contributed by atoms with Gasteiger partial charge in [-0.3, -0.25) is 4.57 Å². The molecule has 0 amide bonds. The number of hydrogen-bond acceptors (Lipinski definition) is 3. The number of fused-ring (bicyclic) bond motifs is 1. The molecule has 0 saturated heterocycles. The molecule has 0 radical (unpaired) electrons. The Morgan fingerprint density at radius 3 is 2.64 bits per heavy atom. The minimum Gasteiger partial charge on any atom is -0.463 e. The molecule has 0 bridgehead atoms. The first-order valence-electron chi connectivity index (χ1n) is 7.40. The van der Waals surface area contributed by atoms with Crippen molar-refractivity contribution in [3.05, 3.63) is 59.9 Å². The number of ether oxygens (including phenoxy) is 1. The SMILES string of the molecule is CCCc1ccccc1-n1c(C(=O)OC)nc2ccccc21. The van der Waals surface area contributed by atoms with Gasteiger partial charge in [-0.25, -0.2) is 9.78 Å². The molecule has 0 N–H and O–H groups in total. The fourth-order valence-electron chi connectivity index (χ4n) is 2.71. The summed E-state index contributed by atoms with van der Waals surface area (Å²) in [6.07, 6.45) is 1.99. The molecule has 3 aromatic rings. The minimum atomic E-state index is -0.428. The summed E-state index contributed by atoms with van der Waals surface area (Å²) in [7, 11) is 1.38. The maximum absolute atomic E-state index is 12.1. The van der Waals surface area contributed by atoms with E-state index in [1.54, 1.807) is 0 Å². The van der Waals surface area contributed by atoms with Crippen LogP contribution in [0, 0.1) is 0 Å². The van der Waals surface area contributed by atoms with Crippen molar-refractivity contribution in [3.63, 3.8) is 0 Å². The van der Waals surface area contributed by atoms with E-state index in [0.29, 0.717) is 5.82 Å². The van der Waals surface area contributed by atoms with Gasteiger partial charge in [0.15, 0.2) is 0 Å². The molecule has 0 atom stereocenters. The third kappa shape index (κ3) is 2.37. The molecule has 1 aromatic heterocycles. The van der Waals surface area contributed by atoms with Gasteiger partial charge in [0, 0.05) is 0 Å². The molecular formula is C18H18N2O2. The lowest BCUT2D eigenvalue weighted by atomic mass is 10.1. The summed E-state index contributed by atoms with van der Waals surface area (Å²) in [6, 6.07) is 15.8. The zero-order valence-electron chi connectivity index (χ0n) is 12.7. The van der Waals surface area contributed by atoms with Crippen LogP contribution >= 0.6 is 0 Å². The molecular weight excluding hydrogens is 276 g/mol. The molecule has 0 spiro atoms. The lowest BCUT2D eigenvalue weighted by molar-refractivity contribution is 0.0585. The van der Waals surface area contributed by atoms with Gasteiger partial charge in [-0.2, -0.15) is 0 Å². The van der Waals surface area contributed by atoms with E-state index in [1.807, 2.05) is 47.0 Å². The Labute approximate surface area is 129 Å². The van der Waals surface area contributed by atoms with Gasteiger partial charge in [0.05, 0.1) is 23.8 Å². The van der Waals surface area contributed by atoms with Crippen molar-refractivity contribution in [1.29, 1.82) is 0 Å². The first-order valence-corrected chi connectivity index (χ1v) is 7.40. The molecule has 22 heavy (non-hydrogen) atoms. The Balaban J connectivity index is 2.31. The topological polar surface area (TPSA) is 44.1 Å². The number of para-hydroxylation sites is 3. The summed E-state index contributed by atoms with van der Waals surface area (Å²) in [5.74, 6) is -0.116. The summed E-state index contributed by atoms with van der Waals surface area (Å²) < 4.78 is 6.80. The number of imidazole rings is 1. The van der Waals surface area contributed by atoms with E-state index in [9.17, 15) is 4.79 Å². The fraction of sp³-hybridized carbons (Fsp3) is 0.222. The van der Waals surface area contributed by atoms with Crippen molar-refractivity contribution in [1.82, 2.24) is 9.55 Å². The Hall–Kier alpha value is -2.62. The van der Waals surface area contributed by atoms with Gasteiger partial charge in [-0.05, 0) is 30.2 Å². The highest BCUT2D eigenvalue weighted by molar-refractivity contribution is 5.92. The fourth-order valence-corrected chi connectivity index (χ4v) is 2.71. The van der Waals surface area contributed by atoms with Crippen LogP contribution in [-0.2, 0) is 11.2 Å². The highest BCUT2D eigenvalue weighted by Crippen LogP contribution is 2.25. The molecule has 0 saturated carbocycles. The number of esters is 1. The summed E-state index contributed by atoms with van der Waals surface area (Å²) >= 11 is 0. The van der Waals surface area contributed by atoms with Crippen LogP contribution in [0.25, 0.3) is 16.7 Å². The molecule has 4 heteroatoms. The molecule has 2 aromatic carbocycles. The number of methoxy groups -OCH3 is 1. The smallest absolute Gasteiger partial charge is 0.374 e. The third-order valence-corrected chi connectivity index (χ3v) is 3.68. The van der Waals surface area contributed by atoms with Crippen LogP contribution in [0.15, 0.2) is 48.5 Å². The summed E-state index contributed by atoms with van der Waals surface area (Å²) in [4.78, 5) is 16.6. The van der Waals surface area contributed by atoms with E-state index in [0.717, 1.165) is 29.6 Å². The van der Waals surface area contributed by atoms with E-state index in [1.165, 1.54) is 12.7 Å².